The Hall–Kier alpha value is -4.94. The van der Waals surface area contributed by atoms with Gasteiger partial charge in [-0.2, -0.15) is 5.26 Å². The summed E-state index contributed by atoms with van der Waals surface area (Å²) in [6.45, 7) is 3.96. The van der Waals surface area contributed by atoms with Crippen LogP contribution in [0.25, 0.3) is 6.08 Å². The van der Waals surface area contributed by atoms with Crippen LogP contribution in [0.2, 0.25) is 0 Å². The molecule has 0 N–H and O–H groups in total. The summed E-state index contributed by atoms with van der Waals surface area (Å²) in [5.41, 5.74) is 3.37. The summed E-state index contributed by atoms with van der Waals surface area (Å²) >= 11 is 1.25. The maximum absolute atomic E-state index is 13.8. The fourth-order valence-electron chi connectivity index (χ4n) is 4.71. The Labute approximate surface area is 240 Å². The minimum absolute atomic E-state index is 0.198. The van der Waals surface area contributed by atoms with E-state index in [2.05, 4.69) is 11.1 Å². The lowest BCUT2D eigenvalue weighted by molar-refractivity contribution is -0.139. The van der Waals surface area contributed by atoms with Gasteiger partial charge in [0.15, 0.2) is 4.80 Å². The van der Waals surface area contributed by atoms with Crippen molar-refractivity contribution in [3.8, 4) is 17.6 Å². The molecule has 0 saturated carbocycles. The molecule has 0 unspecified atom stereocenters. The Morgan fingerprint density at radius 3 is 2.56 bits per heavy atom. The van der Waals surface area contributed by atoms with Gasteiger partial charge in [0, 0.05) is 11.1 Å². The van der Waals surface area contributed by atoms with Crippen LogP contribution < -0.4 is 24.4 Å². The number of nitrogens with zero attached hydrogens (tertiary/aromatic N) is 3. The molecule has 0 bridgehead atoms. The lowest BCUT2D eigenvalue weighted by Gasteiger charge is -2.25. The van der Waals surface area contributed by atoms with Crippen molar-refractivity contribution in [2.45, 2.75) is 26.5 Å². The van der Waals surface area contributed by atoms with E-state index in [-0.39, 0.29) is 18.8 Å². The van der Waals surface area contributed by atoms with E-state index in [1.165, 1.54) is 15.9 Å². The second-order valence-corrected chi connectivity index (χ2v) is 10.2. The number of fused-ring (bicyclic) bond motifs is 1. The van der Waals surface area contributed by atoms with Crippen LogP contribution in [0.1, 0.15) is 42.1 Å². The van der Waals surface area contributed by atoms with E-state index >= 15 is 0 Å². The molecule has 0 spiro atoms. The van der Waals surface area contributed by atoms with Crippen LogP contribution in [0.4, 0.5) is 0 Å². The minimum atomic E-state index is -0.754. The second-order valence-electron chi connectivity index (χ2n) is 9.17. The summed E-state index contributed by atoms with van der Waals surface area (Å²) in [6.07, 6.45) is 1.79. The van der Waals surface area contributed by atoms with Gasteiger partial charge in [-0.3, -0.25) is 9.36 Å². The van der Waals surface area contributed by atoms with Crippen molar-refractivity contribution in [1.29, 1.82) is 5.26 Å². The summed E-state index contributed by atoms with van der Waals surface area (Å²) in [5, 5.41) is 9.29. The summed E-state index contributed by atoms with van der Waals surface area (Å²) < 4.78 is 18.8. The number of esters is 1. The Morgan fingerprint density at radius 1 is 1.10 bits per heavy atom. The quantitative estimate of drug-likeness (QED) is 0.296. The van der Waals surface area contributed by atoms with E-state index in [0.717, 1.165) is 11.1 Å². The number of allylic oxidation sites excluding steroid dienone is 1. The number of para-hydroxylation sites is 1. The molecule has 0 radical (unpaired) electrons. The number of carbonyl (C=O) groups is 1. The molecule has 41 heavy (non-hydrogen) atoms. The van der Waals surface area contributed by atoms with Crippen molar-refractivity contribution in [2.75, 3.05) is 13.7 Å². The highest BCUT2D eigenvalue weighted by atomic mass is 32.1. The number of aromatic nitrogens is 1. The van der Waals surface area contributed by atoms with Gasteiger partial charge in [0.2, 0.25) is 0 Å². The molecule has 1 aliphatic rings. The van der Waals surface area contributed by atoms with Gasteiger partial charge in [0.25, 0.3) is 5.56 Å². The Morgan fingerprint density at radius 2 is 1.83 bits per heavy atom. The van der Waals surface area contributed by atoms with Gasteiger partial charge in [-0.15, -0.1) is 0 Å². The third-order valence-electron chi connectivity index (χ3n) is 6.66. The molecular weight excluding hydrogens is 538 g/mol. The largest absolute Gasteiger partial charge is 0.496 e. The number of benzene rings is 3. The highest BCUT2D eigenvalue weighted by Crippen LogP contribution is 2.35. The minimum Gasteiger partial charge on any atom is -0.496 e. The first-order valence-electron chi connectivity index (χ1n) is 13.0. The van der Waals surface area contributed by atoms with Crippen LogP contribution >= 0.6 is 11.3 Å². The van der Waals surface area contributed by atoms with Gasteiger partial charge in [-0.05, 0) is 49.8 Å². The van der Waals surface area contributed by atoms with Crippen molar-refractivity contribution in [3.05, 3.63) is 126 Å². The zero-order valence-electron chi connectivity index (χ0n) is 22.8. The average Bonchev–Trinajstić information content (AvgIpc) is 3.30. The number of thiazole rings is 1. The number of hydrogen-bond donors (Lipinski definition) is 0. The SMILES string of the molecule is CCOC(=O)C1=C(C)N=c2s/c(=C/c3ccc(OCc4ccccc4C#N)cc3)c(=O)n2[C@@H]1c1ccccc1OC. The van der Waals surface area contributed by atoms with Gasteiger partial charge in [-0.1, -0.05) is 59.9 Å². The summed E-state index contributed by atoms with van der Waals surface area (Å²) in [5.74, 6) is 0.672. The predicted molar refractivity (Wildman–Crippen MR) is 155 cm³/mol. The third kappa shape index (κ3) is 5.55. The molecular formula is C32H27N3O5S. The molecule has 2 heterocycles. The Bertz CT molecular complexity index is 1860. The van der Waals surface area contributed by atoms with Crippen LogP contribution in [0.15, 0.2) is 93.9 Å². The first-order chi connectivity index (χ1) is 19.9. The van der Waals surface area contributed by atoms with Crippen molar-refractivity contribution in [2.24, 2.45) is 4.99 Å². The summed E-state index contributed by atoms with van der Waals surface area (Å²) in [6, 6.07) is 23.4. The molecule has 0 saturated heterocycles. The number of nitriles is 1. The van der Waals surface area contributed by atoms with Gasteiger partial charge in [0.05, 0.1) is 41.2 Å². The Balaban J connectivity index is 1.51. The van der Waals surface area contributed by atoms with E-state index in [9.17, 15) is 14.9 Å². The molecule has 1 aliphatic heterocycles. The van der Waals surface area contributed by atoms with E-state index < -0.39 is 12.0 Å². The molecule has 0 amide bonds. The van der Waals surface area contributed by atoms with Crippen LogP contribution in [-0.2, 0) is 16.1 Å². The number of ether oxygens (including phenoxy) is 3. The number of methoxy groups -OCH3 is 1. The summed E-state index contributed by atoms with van der Waals surface area (Å²) in [7, 11) is 1.55. The maximum atomic E-state index is 13.8. The van der Waals surface area contributed by atoms with Crippen LogP contribution in [0.5, 0.6) is 11.5 Å². The number of carbonyl (C=O) groups excluding carboxylic acids is 1. The van der Waals surface area contributed by atoms with Crippen LogP contribution in [-0.4, -0.2) is 24.3 Å². The molecule has 0 aliphatic carbocycles. The topological polar surface area (TPSA) is 103 Å². The Kier molecular flexibility index (Phi) is 8.13. The lowest BCUT2D eigenvalue weighted by Crippen LogP contribution is -2.40. The van der Waals surface area contributed by atoms with E-state index in [4.69, 9.17) is 14.2 Å². The monoisotopic (exact) mass is 565 g/mol. The first-order valence-corrected chi connectivity index (χ1v) is 13.8. The van der Waals surface area contributed by atoms with Crippen molar-refractivity contribution in [3.63, 3.8) is 0 Å². The van der Waals surface area contributed by atoms with Gasteiger partial charge < -0.3 is 14.2 Å². The fraction of sp³-hybridized carbons (Fsp3) is 0.188. The molecule has 1 atom stereocenters. The molecule has 4 aromatic rings. The molecule has 8 nitrogen and oxygen atoms in total. The van der Waals surface area contributed by atoms with Crippen molar-refractivity contribution >= 4 is 23.4 Å². The van der Waals surface area contributed by atoms with Gasteiger partial charge >= 0.3 is 5.97 Å². The lowest BCUT2D eigenvalue weighted by atomic mass is 9.95. The van der Waals surface area contributed by atoms with Crippen LogP contribution in [0, 0.1) is 11.3 Å². The summed E-state index contributed by atoms with van der Waals surface area (Å²) in [4.78, 5) is 32.0. The molecule has 5 rings (SSSR count). The zero-order valence-corrected chi connectivity index (χ0v) is 23.6. The molecule has 9 heteroatoms. The van der Waals surface area contributed by atoms with Gasteiger partial charge in [0.1, 0.15) is 24.1 Å². The fourth-order valence-corrected chi connectivity index (χ4v) is 5.75. The van der Waals surface area contributed by atoms with E-state index in [1.807, 2.05) is 60.7 Å². The van der Waals surface area contributed by atoms with Crippen LogP contribution in [0.3, 0.4) is 0 Å². The third-order valence-corrected chi connectivity index (χ3v) is 7.64. The number of rotatable bonds is 8. The first kappa shape index (κ1) is 27.6. The van der Waals surface area contributed by atoms with E-state index in [0.29, 0.717) is 43.2 Å². The van der Waals surface area contributed by atoms with E-state index in [1.54, 1.807) is 39.2 Å². The van der Waals surface area contributed by atoms with Gasteiger partial charge in [-0.25, -0.2) is 9.79 Å². The highest BCUT2D eigenvalue weighted by molar-refractivity contribution is 7.07. The maximum Gasteiger partial charge on any atom is 0.338 e. The highest BCUT2D eigenvalue weighted by Gasteiger charge is 2.34. The van der Waals surface area contributed by atoms with Crippen molar-refractivity contribution < 1.29 is 19.0 Å². The zero-order chi connectivity index (χ0) is 28.9. The average molecular weight is 566 g/mol. The smallest absolute Gasteiger partial charge is 0.338 e. The molecule has 206 valence electrons. The van der Waals surface area contributed by atoms with Crippen molar-refractivity contribution in [1.82, 2.24) is 4.57 Å². The predicted octanol–water partition coefficient (Wildman–Crippen LogP) is 4.26. The molecule has 0 fully saturated rings. The normalized spacial score (nSPS) is 14.6. The standard InChI is InChI=1S/C32H27N3O5S/c1-4-39-31(37)28-20(2)34-32-35(29(28)25-11-7-8-12-26(25)38-3)30(36)27(41-32)17-21-13-15-24(16-14-21)40-19-23-10-6-5-9-22(23)18-33/h5-17,29H,4,19H2,1-3H3/b27-17+/t29-/m1/s1. The molecule has 1 aromatic heterocycles. The number of hydrogen-bond acceptors (Lipinski definition) is 8. The second kappa shape index (κ2) is 12.1. The molecule has 3 aromatic carbocycles.